The average Bonchev–Trinajstić information content (AvgIpc) is 2.96. The second-order valence-electron chi connectivity index (χ2n) is 5.90. The fourth-order valence-corrected chi connectivity index (χ4v) is 3.08. The smallest absolute Gasteiger partial charge is 0.0376 e. The van der Waals surface area contributed by atoms with Gasteiger partial charge in [-0.15, -0.1) is 0 Å². The van der Waals surface area contributed by atoms with E-state index in [4.69, 9.17) is 0 Å². The summed E-state index contributed by atoms with van der Waals surface area (Å²) in [7, 11) is 2.19. The van der Waals surface area contributed by atoms with Crippen molar-refractivity contribution in [3.05, 3.63) is 59.7 Å². The van der Waals surface area contributed by atoms with Crippen LogP contribution in [0.25, 0.3) is 0 Å². The summed E-state index contributed by atoms with van der Waals surface area (Å²) in [6.07, 6.45) is 2.30. The van der Waals surface area contributed by atoms with Crippen LogP contribution in [-0.2, 0) is 6.42 Å². The molecule has 21 heavy (non-hydrogen) atoms. The molecule has 0 amide bonds. The number of para-hydroxylation sites is 1. The number of fused-ring (bicyclic) bond motifs is 1. The number of hydrogen-bond acceptors (Lipinski definition) is 2. The van der Waals surface area contributed by atoms with Crippen LogP contribution in [-0.4, -0.2) is 20.1 Å². The van der Waals surface area contributed by atoms with Gasteiger partial charge in [0.1, 0.15) is 0 Å². The molecule has 1 unspecified atom stereocenters. The fraction of sp³-hybridized carbons (Fsp3) is 0.368. The summed E-state index contributed by atoms with van der Waals surface area (Å²) in [6, 6.07) is 17.6. The molecule has 3 rings (SSSR count). The summed E-state index contributed by atoms with van der Waals surface area (Å²) in [6.45, 7) is 4.36. The number of rotatable bonds is 5. The maximum Gasteiger partial charge on any atom is 0.0376 e. The third-order valence-corrected chi connectivity index (χ3v) is 4.54. The molecule has 2 aromatic rings. The highest BCUT2D eigenvalue weighted by Gasteiger charge is 2.21. The topological polar surface area (TPSA) is 15.3 Å². The first-order valence-corrected chi connectivity index (χ1v) is 7.91. The summed E-state index contributed by atoms with van der Waals surface area (Å²) in [5.41, 5.74) is 5.51. The number of benzene rings is 2. The van der Waals surface area contributed by atoms with Gasteiger partial charge in [-0.1, -0.05) is 37.3 Å². The molecule has 0 fully saturated rings. The Balaban J connectivity index is 1.60. The second kappa shape index (κ2) is 6.21. The number of hydrogen-bond donors (Lipinski definition) is 1. The second-order valence-corrected chi connectivity index (χ2v) is 5.90. The van der Waals surface area contributed by atoms with E-state index in [9.17, 15) is 0 Å². The van der Waals surface area contributed by atoms with Gasteiger partial charge < -0.3 is 10.2 Å². The summed E-state index contributed by atoms with van der Waals surface area (Å²) >= 11 is 0. The van der Waals surface area contributed by atoms with Crippen molar-refractivity contribution in [3.63, 3.8) is 0 Å². The molecule has 2 nitrogen and oxygen atoms in total. The van der Waals surface area contributed by atoms with Crippen LogP contribution in [0, 0.1) is 0 Å². The van der Waals surface area contributed by atoms with Crippen molar-refractivity contribution in [1.29, 1.82) is 0 Å². The van der Waals surface area contributed by atoms with Crippen molar-refractivity contribution in [1.82, 2.24) is 0 Å². The number of anilines is 2. The summed E-state index contributed by atoms with van der Waals surface area (Å²) in [4.78, 5) is 2.36. The molecule has 2 aromatic carbocycles. The molecule has 0 saturated carbocycles. The maximum atomic E-state index is 3.51. The van der Waals surface area contributed by atoms with Crippen LogP contribution in [0.5, 0.6) is 0 Å². The minimum Gasteiger partial charge on any atom is -0.384 e. The molecule has 0 spiro atoms. The van der Waals surface area contributed by atoms with E-state index < -0.39 is 0 Å². The van der Waals surface area contributed by atoms with E-state index in [1.807, 2.05) is 0 Å². The third kappa shape index (κ3) is 3.05. The Morgan fingerprint density at radius 3 is 2.62 bits per heavy atom. The van der Waals surface area contributed by atoms with Gasteiger partial charge in [-0.3, -0.25) is 0 Å². The van der Waals surface area contributed by atoms with E-state index in [2.05, 4.69) is 72.7 Å². The Morgan fingerprint density at radius 2 is 1.86 bits per heavy atom. The van der Waals surface area contributed by atoms with E-state index in [-0.39, 0.29) is 0 Å². The van der Waals surface area contributed by atoms with Crippen LogP contribution in [0.2, 0.25) is 0 Å². The number of nitrogens with one attached hydrogen (secondary N) is 1. The zero-order valence-corrected chi connectivity index (χ0v) is 13.0. The van der Waals surface area contributed by atoms with E-state index in [1.165, 1.54) is 28.9 Å². The monoisotopic (exact) mass is 280 g/mol. The molecule has 1 N–H and O–H groups in total. The van der Waals surface area contributed by atoms with E-state index in [0.717, 1.165) is 19.5 Å². The first-order chi connectivity index (χ1) is 10.3. The summed E-state index contributed by atoms with van der Waals surface area (Å²) in [5.74, 6) is 0.638. The predicted octanol–water partition coefficient (Wildman–Crippen LogP) is 4.28. The largest absolute Gasteiger partial charge is 0.384 e. The van der Waals surface area contributed by atoms with Crippen molar-refractivity contribution in [2.75, 3.05) is 30.4 Å². The van der Waals surface area contributed by atoms with E-state index in [0.29, 0.717) is 5.92 Å². The molecule has 1 atom stereocenters. The Hall–Kier alpha value is -1.96. The number of nitrogens with zero attached hydrogens (tertiary/aromatic N) is 1. The van der Waals surface area contributed by atoms with Gasteiger partial charge in [0.05, 0.1) is 0 Å². The molecule has 0 radical (unpaired) electrons. The molecular formula is C19H24N2. The van der Waals surface area contributed by atoms with Gasteiger partial charge in [0.25, 0.3) is 0 Å². The van der Waals surface area contributed by atoms with Gasteiger partial charge in [-0.2, -0.15) is 0 Å². The molecule has 2 heteroatoms. The van der Waals surface area contributed by atoms with Gasteiger partial charge in [0, 0.05) is 37.4 Å². The van der Waals surface area contributed by atoms with Gasteiger partial charge in [0.2, 0.25) is 0 Å². The highest BCUT2D eigenvalue weighted by atomic mass is 15.1. The molecule has 0 saturated heterocycles. The Labute approximate surface area is 127 Å². The molecule has 1 aliphatic heterocycles. The molecule has 110 valence electrons. The first kappa shape index (κ1) is 14.0. The molecule has 1 aliphatic rings. The lowest BCUT2D eigenvalue weighted by molar-refractivity contribution is 0.667. The van der Waals surface area contributed by atoms with Crippen LogP contribution < -0.4 is 10.2 Å². The highest BCUT2D eigenvalue weighted by Crippen LogP contribution is 2.33. The highest BCUT2D eigenvalue weighted by molar-refractivity contribution is 5.57. The molecule has 0 aromatic heterocycles. The van der Waals surface area contributed by atoms with Gasteiger partial charge in [-0.25, -0.2) is 0 Å². The van der Waals surface area contributed by atoms with Crippen LogP contribution >= 0.6 is 0 Å². The summed E-state index contributed by atoms with van der Waals surface area (Å²) in [5, 5.41) is 3.51. The van der Waals surface area contributed by atoms with E-state index in [1.54, 1.807) is 0 Å². The minimum atomic E-state index is 0.638. The van der Waals surface area contributed by atoms with Gasteiger partial charge in [0.15, 0.2) is 0 Å². The van der Waals surface area contributed by atoms with Crippen LogP contribution in [0.1, 0.15) is 30.4 Å². The van der Waals surface area contributed by atoms with Crippen molar-refractivity contribution < 1.29 is 0 Å². The van der Waals surface area contributed by atoms with Gasteiger partial charge >= 0.3 is 0 Å². The fourth-order valence-electron chi connectivity index (χ4n) is 3.08. The third-order valence-electron chi connectivity index (χ3n) is 4.54. The van der Waals surface area contributed by atoms with E-state index >= 15 is 0 Å². The lowest BCUT2D eigenvalue weighted by atomic mass is 9.98. The Kier molecular flexibility index (Phi) is 4.14. The van der Waals surface area contributed by atoms with Crippen LogP contribution in [0.4, 0.5) is 11.4 Å². The molecular weight excluding hydrogens is 256 g/mol. The Morgan fingerprint density at radius 1 is 1.10 bits per heavy atom. The zero-order chi connectivity index (χ0) is 14.7. The standard InChI is InChI=1S/C19H24N2/c1-3-15-8-10-17(11-9-15)21(2)13-12-16-14-20-19-7-5-4-6-18(16)19/h4-11,16,20H,3,12-14H2,1-2H3. The van der Waals surface area contributed by atoms with Crippen molar-refractivity contribution in [2.45, 2.75) is 25.7 Å². The molecule has 0 aliphatic carbocycles. The van der Waals surface area contributed by atoms with Crippen LogP contribution in [0.15, 0.2) is 48.5 Å². The van der Waals surface area contributed by atoms with Crippen molar-refractivity contribution in [2.24, 2.45) is 0 Å². The quantitative estimate of drug-likeness (QED) is 0.879. The van der Waals surface area contributed by atoms with Crippen molar-refractivity contribution in [3.8, 4) is 0 Å². The Bertz CT molecular complexity index is 589. The molecule has 0 bridgehead atoms. The number of aryl methyl sites for hydroxylation is 1. The predicted molar refractivity (Wildman–Crippen MR) is 91.4 cm³/mol. The normalized spacial score (nSPS) is 16.4. The average molecular weight is 280 g/mol. The lowest BCUT2D eigenvalue weighted by Gasteiger charge is -2.21. The van der Waals surface area contributed by atoms with Crippen LogP contribution in [0.3, 0.4) is 0 Å². The SMILES string of the molecule is CCc1ccc(N(C)CCC2CNc3ccccc32)cc1. The van der Waals surface area contributed by atoms with Gasteiger partial charge in [-0.05, 0) is 42.2 Å². The summed E-state index contributed by atoms with van der Waals surface area (Å²) < 4.78 is 0. The molecule has 1 heterocycles. The zero-order valence-electron chi connectivity index (χ0n) is 13.0. The minimum absolute atomic E-state index is 0.638. The first-order valence-electron chi connectivity index (χ1n) is 7.91. The maximum absolute atomic E-state index is 3.51. The van der Waals surface area contributed by atoms with Crippen molar-refractivity contribution >= 4 is 11.4 Å². The lowest BCUT2D eigenvalue weighted by Crippen LogP contribution is -2.21.